The van der Waals surface area contributed by atoms with Crippen LogP contribution in [0, 0.1) is 17.0 Å². The van der Waals surface area contributed by atoms with E-state index in [4.69, 9.17) is 30.1 Å². The molecule has 0 radical (unpaired) electrons. The first-order valence-corrected chi connectivity index (χ1v) is 12.2. The average Bonchev–Trinajstić information content (AvgIpc) is 2.98. The van der Waals surface area contributed by atoms with Gasteiger partial charge in [-0.1, -0.05) is 6.07 Å². The Morgan fingerprint density at radius 3 is 2.14 bits per heavy atom. The second-order valence-electron chi connectivity index (χ2n) is 8.98. The van der Waals surface area contributed by atoms with Gasteiger partial charge in [-0.15, -0.1) is 0 Å². The maximum absolute atomic E-state index is 15.8. The highest BCUT2D eigenvalue weighted by Crippen LogP contribution is 2.43. The van der Waals surface area contributed by atoms with Crippen molar-refractivity contribution in [3.8, 4) is 46.3 Å². The standard InChI is InChI=1S/C29H24F2N4O8/c1-35(2)28(37)15-5-4-6-17(11-15)41-26-22(30)24(42-19-10-8-16(29(38)39)13-21(19)40-3)23(31)27(34-26)43-20-12-14(25(32)33)7-9-18(20)36/h4-13,36H,1-3H3,(H3,32,33)(H,38,39). The number of rotatable bonds is 10. The number of hydrogen-bond acceptors (Lipinski definition) is 9. The molecule has 4 rings (SSSR count). The molecule has 5 N–H and O–H groups in total. The molecule has 0 aliphatic heterocycles. The quantitative estimate of drug-likeness (QED) is 0.142. The average molecular weight is 595 g/mol. The number of carbonyl (C=O) groups excluding carboxylic acids is 1. The Labute approximate surface area is 242 Å². The van der Waals surface area contributed by atoms with Crippen LogP contribution >= 0.6 is 0 Å². The van der Waals surface area contributed by atoms with Crippen molar-refractivity contribution in [2.24, 2.45) is 5.73 Å². The second kappa shape index (κ2) is 12.3. The molecule has 0 unspecified atom stereocenters. The maximum atomic E-state index is 15.8. The van der Waals surface area contributed by atoms with E-state index >= 15 is 8.78 Å². The number of aromatic hydroxyl groups is 1. The first-order chi connectivity index (χ1) is 20.4. The zero-order valence-electron chi connectivity index (χ0n) is 22.8. The number of carboxylic acids is 1. The number of carbonyl (C=O) groups is 2. The van der Waals surface area contributed by atoms with Crippen LogP contribution < -0.4 is 24.7 Å². The number of pyridine rings is 1. The number of aromatic nitrogens is 1. The Morgan fingerprint density at radius 1 is 0.860 bits per heavy atom. The lowest BCUT2D eigenvalue weighted by molar-refractivity contribution is 0.0696. The van der Waals surface area contributed by atoms with Crippen molar-refractivity contribution in [2.75, 3.05) is 21.2 Å². The molecule has 0 aliphatic rings. The fourth-order valence-corrected chi connectivity index (χ4v) is 3.63. The number of aromatic carboxylic acids is 1. The van der Waals surface area contributed by atoms with Gasteiger partial charge in [-0.2, -0.15) is 13.8 Å². The van der Waals surface area contributed by atoms with Gasteiger partial charge in [0.05, 0.1) is 12.7 Å². The van der Waals surface area contributed by atoms with Gasteiger partial charge in [0.1, 0.15) is 11.6 Å². The van der Waals surface area contributed by atoms with E-state index in [1.807, 2.05) is 0 Å². The molecule has 43 heavy (non-hydrogen) atoms. The highest BCUT2D eigenvalue weighted by molar-refractivity contribution is 5.95. The largest absolute Gasteiger partial charge is 0.504 e. The number of nitrogens with two attached hydrogens (primary N) is 1. The highest BCUT2D eigenvalue weighted by atomic mass is 19.1. The Kier molecular flexibility index (Phi) is 8.60. The molecule has 0 aliphatic carbocycles. The number of ether oxygens (including phenoxy) is 4. The van der Waals surface area contributed by atoms with Crippen LogP contribution in [-0.2, 0) is 0 Å². The Balaban J connectivity index is 1.84. The van der Waals surface area contributed by atoms with Crippen LogP contribution in [0.25, 0.3) is 0 Å². The summed E-state index contributed by atoms with van der Waals surface area (Å²) < 4.78 is 53.2. The molecule has 3 aromatic carbocycles. The molecule has 0 bridgehead atoms. The van der Waals surface area contributed by atoms with Gasteiger partial charge < -0.3 is 39.8 Å². The van der Waals surface area contributed by atoms with E-state index in [2.05, 4.69) is 4.98 Å². The molecule has 0 spiro atoms. The van der Waals surface area contributed by atoms with Gasteiger partial charge in [0, 0.05) is 25.2 Å². The third-order valence-corrected chi connectivity index (χ3v) is 5.78. The van der Waals surface area contributed by atoms with Gasteiger partial charge in [0.2, 0.25) is 17.4 Å². The molecule has 0 fully saturated rings. The van der Waals surface area contributed by atoms with Crippen LogP contribution in [0.4, 0.5) is 8.78 Å². The van der Waals surface area contributed by atoms with E-state index in [0.717, 1.165) is 30.3 Å². The molecule has 1 aromatic heterocycles. The van der Waals surface area contributed by atoms with Crippen molar-refractivity contribution in [2.45, 2.75) is 0 Å². The predicted molar refractivity (Wildman–Crippen MR) is 148 cm³/mol. The van der Waals surface area contributed by atoms with Crippen LogP contribution in [-0.4, -0.2) is 59.0 Å². The molecule has 1 amide bonds. The van der Waals surface area contributed by atoms with Crippen molar-refractivity contribution < 1.29 is 47.5 Å². The van der Waals surface area contributed by atoms with Crippen LogP contribution in [0.2, 0.25) is 0 Å². The first kappa shape index (κ1) is 30.0. The third-order valence-electron chi connectivity index (χ3n) is 5.78. The lowest BCUT2D eigenvalue weighted by atomic mass is 10.2. The van der Waals surface area contributed by atoms with Crippen molar-refractivity contribution >= 4 is 17.7 Å². The van der Waals surface area contributed by atoms with E-state index in [0.29, 0.717) is 0 Å². The molecule has 0 saturated carbocycles. The number of phenols is 1. The molecule has 14 heteroatoms. The molecule has 222 valence electrons. The molecule has 0 saturated heterocycles. The minimum atomic E-state index is -1.47. The molecular formula is C29H24F2N4O8. The number of hydrogen-bond donors (Lipinski definition) is 4. The molecule has 4 aromatic rings. The lowest BCUT2D eigenvalue weighted by Crippen LogP contribution is -2.21. The first-order valence-electron chi connectivity index (χ1n) is 12.2. The van der Waals surface area contributed by atoms with Crippen LogP contribution in [0.3, 0.4) is 0 Å². The van der Waals surface area contributed by atoms with Gasteiger partial charge in [-0.05, 0) is 54.6 Å². The number of nitrogens with one attached hydrogen (secondary N) is 1. The topological polar surface area (TPSA) is 178 Å². The van der Waals surface area contributed by atoms with Gasteiger partial charge in [-0.3, -0.25) is 10.2 Å². The summed E-state index contributed by atoms with van der Waals surface area (Å²) in [5.74, 6) is -9.12. The number of amides is 1. The molecule has 0 atom stereocenters. The number of amidine groups is 1. The number of nitrogen functional groups attached to an aromatic ring is 1. The van der Waals surface area contributed by atoms with Crippen LogP contribution in [0.15, 0.2) is 60.7 Å². The summed E-state index contributed by atoms with van der Waals surface area (Å²) in [6, 6.07) is 12.6. The monoisotopic (exact) mass is 594 g/mol. The van der Waals surface area contributed by atoms with Crippen molar-refractivity contribution in [3.63, 3.8) is 0 Å². The number of carboxylic acid groups (broad SMARTS) is 1. The summed E-state index contributed by atoms with van der Waals surface area (Å²) in [6.45, 7) is 0. The summed E-state index contributed by atoms with van der Waals surface area (Å²) >= 11 is 0. The normalized spacial score (nSPS) is 10.5. The Morgan fingerprint density at radius 2 is 1.51 bits per heavy atom. The van der Waals surface area contributed by atoms with Crippen molar-refractivity contribution in [1.82, 2.24) is 9.88 Å². The van der Waals surface area contributed by atoms with E-state index < -0.39 is 40.9 Å². The number of nitrogens with zero attached hydrogens (tertiary/aromatic N) is 2. The smallest absolute Gasteiger partial charge is 0.335 e. The van der Waals surface area contributed by atoms with Gasteiger partial charge in [-0.25, -0.2) is 4.79 Å². The SMILES string of the molecule is COc1cc(C(=O)O)ccc1Oc1c(F)c(Oc2cccc(C(=O)N(C)C)c2)nc(Oc2cc(C(=N)N)ccc2O)c1F. The fraction of sp³-hybridized carbons (Fsp3) is 0.103. The Hall–Kier alpha value is -5.92. The molecule has 12 nitrogen and oxygen atoms in total. The molecule has 1 heterocycles. The van der Waals surface area contributed by atoms with E-state index in [1.54, 1.807) is 0 Å². The second-order valence-corrected chi connectivity index (χ2v) is 8.98. The van der Waals surface area contributed by atoms with Crippen LogP contribution in [0.5, 0.6) is 46.3 Å². The lowest BCUT2D eigenvalue weighted by Gasteiger charge is -2.17. The maximum Gasteiger partial charge on any atom is 0.335 e. The minimum absolute atomic E-state index is 0.0487. The zero-order chi connectivity index (χ0) is 31.4. The number of methoxy groups -OCH3 is 1. The Bertz CT molecular complexity index is 1750. The fourth-order valence-electron chi connectivity index (χ4n) is 3.63. The molecular weight excluding hydrogens is 570 g/mol. The van der Waals surface area contributed by atoms with Gasteiger partial charge >= 0.3 is 5.97 Å². The van der Waals surface area contributed by atoms with E-state index in [1.165, 1.54) is 56.4 Å². The predicted octanol–water partition coefficient (Wildman–Crippen LogP) is 5.13. The van der Waals surface area contributed by atoms with Crippen molar-refractivity contribution in [1.29, 1.82) is 5.41 Å². The van der Waals surface area contributed by atoms with Crippen LogP contribution in [0.1, 0.15) is 26.3 Å². The number of halogens is 2. The summed E-state index contributed by atoms with van der Waals surface area (Å²) in [7, 11) is 4.28. The van der Waals surface area contributed by atoms with Crippen molar-refractivity contribution in [3.05, 3.63) is 89.0 Å². The zero-order valence-corrected chi connectivity index (χ0v) is 22.8. The summed E-state index contributed by atoms with van der Waals surface area (Å²) in [4.78, 5) is 28.9. The minimum Gasteiger partial charge on any atom is -0.504 e. The number of phenolic OH excluding ortho intramolecular Hbond substituents is 1. The summed E-state index contributed by atoms with van der Waals surface area (Å²) in [5.41, 5.74) is 5.64. The number of benzene rings is 3. The van der Waals surface area contributed by atoms with E-state index in [9.17, 15) is 19.8 Å². The summed E-state index contributed by atoms with van der Waals surface area (Å²) in [6.07, 6.45) is 0. The van der Waals surface area contributed by atoms with E-state index in [-0.39, 0.29) is 51.4 Å². The summed E-state index contributed by atoms with van der Waals surface area (Å²) in [5, 5.41) is 27.1. The van der Waals surface area contributed by atoms with Gasteiger partial charge in [0.15, 0.2) is 23.0 Å². The highest BCUT2D eigenvalue weighted by Gasteiger charge is 2.28. The third kappa shape index (κ3) is 6.53. The van der Waals surface area contributed by atoms with Gasteiger partial charge in [0.25, 0.3) is 17.7 Å².